The first kappa shape index (κ1) is 22.0. The SMILES string of the molecule is Cc1cc(N=S(C)(C)=O)cc2ncnc(Nc3ccc(F)cc3O[C@@H]3CC[C@@H]4OCC[C@@H]43)c12. The molecule has 9 heteroatoms. The highest BCUT2D eigenvalue weighted by molar-refractivity contribution is 7.92. The van der Waals surface area contributed by atoms with E-state index in [2.05, 4.69) is 19.6 Å². The van der Waals surface area contributed by atoms with Gasteiger partial charge in [-0.15, -0.1) is 0 Å². The highest BCUT2D eigenvalue weighted by Gasteiger charge is 2.42. The van der Waals surface area contributed by atoms with E-state index in [1.54, 1.807) is 24.6 Å². The van der Waals surface area contributed by atoms with Gasteiger partial charge in [0, 0.05) is 46.2 Å². The summed E-state index contributed by atoms with van der Waals surface area (Å²) in [6.07, 6.45) is 7.74. The van der Waals surface area contributed by atoms with Crippen LogP contribution in [-0.4, -0.2) is 45.5 Å². The van der Waals surface area contributed by atoms with Crippen molar-refractivity contribution in [1.29, 1.82) is 0 Å². The normalized spacial score (nSPS) is 22.4. The molecule has 5 rings (SSSR count). The lowest BCUT2D eigenvalue weighted by atomic mass is 10.0. The molecule has 1 saturated carbocycles. The summed E-state index contributed by atoms with van der Waals surface area (Å²) >= 11 is 0. The maximum absolute atomic E-state index is 14.1. The van der Waals surface area contributed by atoms with E-state index in [0.29, 0.717) is 34.4 Å². The van der Waals surface area contributed by atoms with Crippen LogP contribution in [0.1, 0.15) is 24.8 Å². The molecule has 7 nitrogen and oxygen atoms in total. The van der Waals surface area contributed by atoms with Crippen molar-refractivity contribution in [3.63, 3.8) is 0 Å². The second-order valence-electron chi connectivity index (χ2n) is 9.01. The maximum atomic E-state index is 14.1. The van der Waals surface area contributed by atoms with Crippen molar-refractivity contribution in [3.05, 3.63) is 48.0 Å². The van der Waals surface area contributed by atoms with Crippen molar-refractivity contribution in [3.8, 4) is 5.75 Å². The number of anilines is 2. The summed E-state index contributed by atoms with van der Waals surface area (Å²) in [5, 5.41) is 4.14. The number of aryl methyl sites for hydroxylation is 1. The zero-order valence-corrected chi connectivity index (χ0v) is 19.7. The van der Waals surface area contributed by atoms with Gasteiger partial charge in [-0.3, -0.25) is 0 Å². The number of rotatable bonds is 5. The Hall–Kier alpha value is -2.78. The molecule has 0 radical (unpaired) electrons. The predicted octanol–water partition coefficient (Wildman–Crippen LogP) is 5.13. The Bertz CT molecular complexity index is 1330. The number of ether oxygens (including phenoxy) is 2. The molecule has 3 aromatic rings. The molecule has 1 N–H and O–H groups in total. The summed E-state index contributed by atoms with van der Waals surface area (Å²) in [5.41, 5.74) is 2.82. The molecule has 0 bridgehead atoms. The second-order valence-corrected chi connectivity index (χ2v) is 11.6. The molecule has 0 amide bonds. The Balaban J connectivity index is 1.49. The minimum absolute atomic E-state index is 0.00541. The summed E-state index contributed by atoms with van der Waals surface area (Å²) in [5.74, 6) is 1.03. The zero-order chi connectivity index (χ0) is 23.2. The number of fused-ring (bicyclic) bond motifs is 2. The molecular formula is C24H27FN4O3S. The topological polar surface area (TPSA) is 85.7 Å². The molecular weight excluding hydrogens is 443 g/mol. The minimum Gasteiger partial charge on any atom is -0.488 e. The summed E-state index contributed by atoms with van der Waals surface area (Å²) in [4.78, 5) is 8.82. The molecule has 1 aliphatic heterocycles. The van der Waals surface area contributed by atoms with Gasteiger partial charge in [0.1, 0.15) is 29.8 Å². The molecule has 2 fully saturated rings. The number of hydrogen-bond acceptors (Lipinski definition) is 7. The van der Waals surface area contributed by atoms with Crippen molar-refractivity contribution in [2.75, 3.05) is 24.4 Å². The number of benzene rings is 2. The van der Waals surface area contributed by atoms with Crippen molar-refractivity contribution < 1.29 is 18.1 Å². The van der Waals surface area contributed by atoms with Gasteiger partial charge in [-0.05, 0) is 56.0 Å². The predicted molar refractivity (Wildman–Crippen MR) is 128 cm³/mol. The monoisotopic (exact) mass is 470 g/mol. The number of nitrogens with one attached hydrogen (secondary N) is 1. The number of hydrogen-bond donors (Lipinski definition) is 1. The molecule has 2 aromatic carbocycles. The van der Waals surface area contributed by atoms with Crippen molar-refractivity contribution in [2.24, 2.45) is 10.3 Å². The smallest absolute Gasteiger partial charge is 0.146 e. The van der Waals surface area contributed by atoms with Gasteiger partial charge < -0.3 is 14.8 Å². The van der Waals surface area contributed by atoms with E-state index in [9.17, 15) is 8.60 Å². The third kappa shape index (κ3) is 4.65. The van der Waals surface area contributed by atoms with Crippen LogP contribution in [-0.2, 0) is 14.5 Å². The highest BCUT2D eigenvalue weighted by atomic mass is 32.2. The fourth-order valence-corrected chi connectivity index (χ4v) is 5.45. The molecule has 33 heavy (non-hydrogen) atoms. The van der Waals surface area contributed by atoms with Crippen LogP contribution in [0, 0.1) is 18.7 Å². The summed E-state index contributed by atoms with van der Waals surface area (Å²) < 4.78 is 42.7. The van der Waals surface area contributed by atoms with Crippen LogP contribution >= 0.6 is 0 Å². The van der Waals surface area contributed by atoms with E-state index >= 15 is 0 Å². The first-order chi connectivity index (χ1) is 15.8. The van der Waals surface area contributed by atoms with Crippen molar-refractivity contribution in [2.45, 2.75) is 38.4 Å². The average molecular weight is 471 g/mol. The van der Waals surface area contributed by atoms with Gasteiger partial charge in [0.25, 0.3) is 0 Å². The van der Waals surface area contributed by atoms with Crippen LogP contribution in [0.3, 0.4) is 0 Å². The Morgan fingerprint density at radius 3 is 2.85 bits per heavy atom. The van der Waals surface area contributed by atoms with E-state index in [0.717, 1.165) is 36.8 Å². The summed E-state index contributed by atoms with van der Waals surface area (Å²) in [6.45, 7) is 2.69. The Kier molecular flexibility index (Phi) is 5.70. The maximum Gasteiger partial charge on any atom is 0.146 e. The van der Waals surface area contributed by atoms with E-state index in [-0.39, 0.29) is 18.0 Å². The van der Waals surface area contributed by atoms with E-state index < -0.39 is 9.73 Å². The van der Waals surface area contributed by atoms with Gasteiger partial charge in [0.15, 0.2) is 0 Å². The first-order valence-electron chi connectivity index (χ1n) is 11.0. The molecule has 174 valence electrons. The molecule has 0 unspecified atom stereocenters. The molecule has 0 spiro atoms. The standard InChI is InChI=1S/C24H27FN4O3S/c1-14-10-16(29-33(2,3)30)12-19-23(14)24(27-13-26-19)28-18-5-4-15(25)11-22(18)32-21-7-6-20-17(21)8-9-31-20/h4-5,10-13,17,20-21H,6-9H2,1-3H3,(H,26,27,28)/t17-,20-,21+/m0/s1. The lowest BCUT2D eigenvalue weighted by Gasteiger charge is -2.22. The molecule has 1 saturated heterocycles. The Morgan fingerprint density at radius 2 is 2.03 bits per heavy atom. The fraction of sp³-hybridized carbons (Fsp3) is 0.417. The van der Waals surface area contributed by atoms with Crippen LogP contribution in [0.15, 0.2) is 41.0 Å². The fourth-order valence-electron chi connectivity index (χ4n) is 4.84. The van der Waals surface area contributed by atoms with Gasteiger partial charge >= 0.3 is 0 Å². The van der Waals surface area contributed by atoms with Crippen LogP contribution in [0.4, 0.5) is 21.6 Å². The second kappa shape index (κ2) is 8.53. The quantitative estimate of drug-likeness (QED) is 0.557. The van der Waals surface area contributed by atoms with Crippen molar-refractivity contribution in [1.82, 2.24) is 9.97 Å². The lowest BCUT2D eigenvalue weighted by molar-refractivity contribution is 0.0894. The molecule has 3 atom stereocenters. The largest absolute Gasteiger partial charge is 0.488 e. The lowest BCUT2D eigenvalue weighted by Crippen LogP contribution is -2.24. The van der Waals surface area contributed by atoms with Crippen LogP contribution in [0.5, 0.6) is 5.75 Å². The van der Waals surface area contributed by atoms with Crippen molar-refractivity contribution >= 4 is 37.8 Å². The Labute approximate surface area is 192 Å². The van der Waals surface area contributed by atoms with E-state index in [4.69, 9.17) is 9.47 Å². The number of halogens is 1. The molecule has 2 heterocycles. The summed E-state index contributed by atoms with van der Waals surface area (Å²) in [7, 11) is -2.29. The molecule has 2 aliphatic rings. The van der Waals surface area contributed by atoms with E-state index in [1.165, 1.54) is 18.5 Å². The Morgan fingerprint density at radius 1 is 1.18 bits per heavy atom. The number of aromatic nitrogens is 2. The van der Waals surface area contributed by atoms with Gasteiger partial charge in [-0.25, -0.2) is 18.6 Å². The van der Waals surface area contributed by atoms with Gasteiger partial charge in [0.05, 0.1) is 23.0 Å². The minimum atomic E-state index is -2.29. The highest BCUT2D eigenvalue weighted by Crippen LogP contribution is 2.40. The molecule has 1 aromatic heterocycles. The van der Waals surface area contributed by atoms with Gasteiger partial charge in [-0.1, -0.05) is 0 Å². The first-order valence-corrected chi connectivity index (χ1v) is 13.4. The van der Waals surface area contributed by atoms with Gasteiger partial charge in [0.2, 0.25) is 0 Å². The van der Waals surface area contributed by atoms with Crippen LogP contribution in [0.25, 0.3) is 10.9 Å². The van der Waals surface area contributed by atoms with E-state index in [1.807, 2.05) is 13.0 Å². The number of nitrogens with zero attached hydrogens (tertiary/aromatic N) is 3. The van der Waals surface area contributed by atoms with Crippen LogP contribution < -0.4 is 10.1 Å². The average Bonchev–Trinajstić information content (AvgIpc) is 3.34. The van der Waals surface area contributed by atoms with Crippen LogP contribution in [0.2, 0.25) is 0 Å². The van der Waals surface area contributed by atoms with Gasteiger partial charge in [-0.2, -0.15) is 4.36 Å². The third-order valence-electron chi connectivity index (χ3n) is 6.19. The molecule has 1 aliphatic carbocycles. The summed E-state index contributed by atoms with van der Waals surface area (Å²) in [6, 6.07) is 8.14. The zero-order valence-electron chi connectivity index (χ0n) is 18.9. The third-order valence-corrected chi connectivity index (χ3v) is 6.84.